The summed E-state index contributed by atoms with van der Waals surface area (Å²) in [4.78, 5) is 20.4. The van der Waals surface area contributed by atoms with Crippen molar-refractivity contribution >= 4 is 28.6 Å². The predicted molar refractivity (Wildman–Crippen MR) is 130 cm³/mol. The molecule has 1 saturated heterocycles. The average molecular weight is 454 g/mol. The van der Waals surface area contributed by atoms with Crippen LogP contribution in [0.1, 0.15) is 16.1 Å². The van der Waals surface area contributed by atoms with Gasteiger partial charge in [0, 0.05) is 36.7 Å². The summed E-state index contributed by atoms with van der Waals surface area (Å²) in [7, 11) is 7.42. The number of likely N-dealkylation sites (N-methyl/N-ethyl adjacent to an activating group) is 1. The molecule has 0 bridgehead atoms. The van der Waals surface area contributed by atoms with Gasteiger partial charge in [0.2, 0.25) is 0 Å². The van der Waals surface area contributed by atoms with Gasteiger partial charge < -0.3 is 19.4 Å². The van der Waals surface area contributed by atoms with Crippen molar-refractivity contribution in [2.24, 2.45) is 0 Å². The fourth-order valence-electron chi connectivity index (χ4n) is 3.99. The second-order valence-electron chi connectivity index (χ2n) is 8.24. The number of methoxy groups -OCH3 is 1. The Hall–Kier alpha value is -2.90. The molecular weight excluding hydrogens is 425 g/mol. The Morgan fingerprint density at radius 1 is 1.09 bits per heavy atom. The smallest absolute Gasteiger partial charge is 0.268 e. The molecule has 1 atom stereocenters. The zero-order valence-corrected chi connectivity index (χ0v) is 19.7. The molecule has 168 valence electrons. The first kappa shape index (κ1) is 22.3. The molecule has 7 heteroatoms. The van der Waals surface area contributed by atoms with Gasteiger partial charge in [0.05, 0.1) is 17.7 Å². The molecule has 1 aliphatic rings. The van der Waals surface area contributed by atoms with Crippen molar-refractivity contribution in [3.63, 3.8) is 0 Å². The van der Waals surface area contributed by atoms with E-state index in [9.17, 15) is 9.18 Å². The number of anilines is 2. The van der Waals surface area contributed by atoms with Gasteiger partial charge in [-0.15, -0.1) is 11.3 Å². The molecule has 1 fully saturated rings. The monoisotopic (exact) mass is 453 g/mol. The van der Waals surface area contributed by atoms with Crippen molar-refractivity contribution in [2.75, 3.05) is 51.1 Å². The highest BCUT2D eigenvalue weighted by Crippen LogP contribution is 2.32. The predicted octanol–water partition coefficient (Wildman–Crippen LogP) is 4.98. The third kappa shape index (κ3) is 4.49. The number of nitrogens with zero attached hydrogens (tertiary/aromatic N) is 3. The molecule has 0 radical (unpaired) electrons. The summed E-state index contributed by atoms with van der Waals surface area (Å²) in [5, 5.41) is 0. The summed E-state index contributed by atoms with van der Waals surface area (Å²) >= 11 is 1.42. The molecule has 3 aromatic rings. The van der Waals surface area contributed by atoms with Crippen LogP contribution in [0, 0.1) is 5.82 Å². The zero-order chi connectivity index (χ0) is 22.8. The van der Waals surface area contributed by atoms with Crippen LogP contribution >= 0.6 is 11.3 Å². The summed E-state index contributed by atoms with van der Waals surface area (Å²) in [6.45, 7) is 1.64. The minimum atomic E-state index is -0.299. The first-order valence-electron chi connectivity index (χ1n) is 10.6. The number of amides is 1. The topological polar surface area (TPSA) is 36.0 Å². The fraction of sp³-hybridized carbons (Fsp3) is 0.320. The van der Waals surface area contributed by atoms with E-state index in [1.165, 1.54) is 22.3 Å². The Kier molecular flexibility index (Phi) is 6.48. The van der Waals surface area contributed by atoms with Gasteiger partial charge in [0.1, 0.15) is 11.6 Å². The van der Waals surface area contributed by atoms with Crippen LogP contribution in [0.2, 0.25) is 0 Å². The Morgan fingerprint density at radius 2 is 1.84 bits per heavy atom. The number of carbonyl (C=O) groups excluding carboxylic acids is 1. The number of hydrogen-bond acceptors (Lipinski definition) is 5. The van der Waals surface area contributed by atoms with Crippen molar-refractivity contribution in [3.8, 4) is 16.2 Å². The van der Waals surface area contributed by atoms with Crippen LogP contribution in [0.3, 0.4) is 0 Å². The second kappa shape index (κ2) is 9.30. The van der Waals surface area contributed by atoms with Crippen molar-refractivity contribution in [1.29, 1.82) is 0 Å². The number of ether oxygens (including phenoxy) is 1. The van der Waals surface area contributed by atoms with E-state index in [0.717, 1.165) is 35.7 Å². The molecule has 1 aliphatic heterocycles. The van der Waals surface area contributed by atoms with Gasteiger partial charge in [-0.1, -0.05) is 0 Å². The quantitative estimate of drug-likeness (QED) is 0.527. The van der Waals surface area contributed by atoms with E-state index in [4.69, 9.17) is 4.74 Å². The van der Waals surface area contributed by atoms with Gasteiger partial charge in [-0.3, -0.25) is 4.79 Å². The standard InChI is InChI=1S/C25H28FN3O2S/c1-27(2)19-13-14-29(16-19)22-10-7-18(15-21(22)26)28(3)25(30)24-12-11-23(32-24)17-5-8-20(31-4)9-6-17/h5-12,15,19H,13-14,16H2,1-4H3. The van der Waals surface area contributed by atoms with Gasteiger partial charge in [-0.2, -0.15) is 0 Å². The Morgan fingerprint density at radius 3 is 2.47 bits per heavy atom. The van der Waals surface area contributed by atoms with Gasteiger partial charge >= 0.3 is 0 Å². The molecule has 32 heavy (non-hydrogen) atoms. The van der Waals surface area contributed by atoms with E-state index in [1.807, 2.05) is 42.5 Å². The van der Waals surface area contributed by atoms with Crippen LogP contribution in [0.15, 0.2) is 54.6 Å². The molecule has 4 rings (SSSR count). The lowest BCUT2D eigenvalue weighted by Gasteiger charge is -2.23. The maximum atomic E-state index is 14.9. The van der Waals surface area contributed by atoms with Crippen LogP contribution in [-0.2, 0) is 0 Å². The third-order valence-electron chi connectivity index (χ3n) is 6.05. The lowest BCUT2D eigenvalue weighted by molar-refractivity contribution is 0.0997. The first-order chi connectivity index (χ1) is 15.4. The van der Waals surface area contributed by atoms with Crippen molar-refractivity contribution in [2.45, 2.75) is 12.5 Å². The van der Waals surface area contributed by atoms with Crippen LogP contribution < -0.4 is 14.5 Å². The highest BCUT2D eigenvalue weighted by atomic mass is 32.1. The molecule has 2 aromatic carbocycles. The average Bonchev–Trinajstić information content (AvgIpc) is 3.48. The summed E-state index contributed by atoms with van der Waals surface area (Å²) in [5.74, 6) is 0.334. The third-order valence-corrected chi connectivity index (χ3v) is 7.17. The number of hydrogen-bond donors (Lipinski definition) is 0. The maximum Gasteiger partial charge on any atom is 0.268 e. The van der Waals surface area contributed by atoms with E-state index < -0.39 is 0 Å². The molecule has 2 heterocycles. The lowest BCUT2D eigenvalue weighted by atomic mass is 10.2. The lowest BCUT2D eigenvalue weighted by Crippen LogP contribution is -2.31. The molecule has 0 N–H and O–H groups in total. The molecule has 1 amide bonds. The van der Waals surface area contributed by atoms with E-state index in [-0.39, 0.29) is 11.7 Å². The number of benzene rings is 2. The van der Waals surface area contributed by atoms with Gasteiger partial charge in [0.25, 0.3) is 5.91 Å². The largest absolute Gasteiger partial charge is 0.497 e. The van der Waals surface area contributed by atoms with Crippen LogP contribution in [0.25, 0.3) is 10.4 Å². The molecule has 1 aromatic heterocycles. The first-order valence-corrected chi connectivity index (χ1v) is 11.4. The van der Waals surface area contributed by atoms with Crippen molar-refractivity contribution in [3.05, 3.63) is 65.3 Å². The Balaban J connectivity index is 1.48. The number of halogens is 1. The number of carbonyl (C=O) groups is 1. The fourth-order valence-corrected chi connectivity index (χ4v) is 4.98. The second-order valence-corrected chi connectivity index (χ2v) is 9.33. The van der Waals surface area contributed by atoms with E-state index >= 15 is 0 Å². The summed E-state index contributed by atoms with van der Waals surface area (Å²) in [6, 6.07) is 17.0. The van der Waals surface area contributed by atoms with Gasteiger partial charge in [-0.05, 0) is 80.7 Å². The highest BCUT2D eigenvalue weighted by Gasteiger charge is 2.26. The number of rotatable bonds is 6. The van der Waals surface area contributed by atoms with E-state index in [0.29, 0.717) is 22.3 Å². The maximum absolute atomic E-state index is 14.9. The van der Waals surface area contributed by atoms with Crippen LogP contribution in [0.5, 0.6) is 5.75 Å². The summed E-state index contributed by atoms with van der Waals surface area (Å²) in [5.41, 5.74) is 2.16. The van der Waals surface area contributed by atoms with E-state index in [1.54, 1.807) is 20.2 Å². The molecule has 1 unspecified atom stereocenters. The highest BCUT2D eigenvalue weighted by molar-refractivity contribution is 7.17. The molecule has 5 nitrogen and oxygen atoms in total. The Bertz CT molecular complexity index is 1100. The normalized spacial score (nSPS) is 15.9. The van der Waals surface area contributed by atoms with Crippen molar-refractivity contribution in [1.82, 2.24) is 4.90 Å². The minimum absolute atomic E-state index is 0.157. The summed E-state index contributed by atoms with van der Waals surface area (Å²) < 4.78 is 20.1. The summed E-state index contributed by atoms with van der Waals surface area (Å²) in [6.07, 6.45) is 1.02. The SMILES string of the molecule is COc1ccc(-c2ccc(C(=O)N(C)c3ccc(N4CCC(N(C)C)C4)c(F)c3)s2)cc1. The minimum Gasteiger partial charge on any atom is -0.497 e. The number of thiophene rings is 1. The van der Waals surface area contributed by atoms with Gasteiger partial charge in [-0.25, -0.2) is 4.39 Å². The van der Waals surface area contributed by atoms with Crippen LogP contribution in [-0.4, -0.2) is 58.2 Å². The zero-order valence-electron chi connectivity index (χ0n) is 18.8. The van der Waals surface area contributed by atoms with E-state index in [2.05, 4.69) is 23.9 Å². The van der Waals surface area contributed by atoms with Crippen LogP contribution in [0.4, 0.5) is 15.8 Å². The molecule has 0 saturated carbocycles. The molecular formula is C25H28FN3O2S. The molecule has 0 aliphatic carbocycles. The molecule has 0 spiro atoms. The van der Waals surface area contributed by atoms with Crippen molar-refractivity contribution < 1.29 is 13.9 Å². The van der Waals surface area contributed by atoms with Gasteiger partial charge in [0.15, 0.2) is 0 Å². The Labute approximate surface area is 192 Å².